The van der Waals surface area contributed by atoms with E-state index in [1.54, 1.807) is 6.08 Å². The molecule has 13 heavy (non-hydrogen) atoms. The van der Waals surface area contributed by atoms with Crippen molar-refractivity contribution in [1.29, 1.82) is 0 Å². The van der Waals surface area contributed by atoms with Crippen LogP contribution in [0, 0.1) is 0 Å². The Balaban J connectivity index is 2.17. The van der Waals surface area contributed by atoms with Gasteiger partial charge in [-0.15, -0.1) is 0 Å². The minimum Gasteiger partial charge on any atom is -0.490 e. The average Bonchev–Trinajstić information content (AvgIpc) is 2.71. The summed E-state index contributed by atoms with van der Waals surface area (Å²) in [4.78, 5) is 11.5. The smallest absolute Gasteiger partial charge is 0.249 e. The van der Waals surface area contributed by atoms with Crippen molar-refractivity contribution in [2.24, 2.45) is 0 Å². The number of aromatic nitrogens is 3. The van der Waals surface area contributed by atoms with E-state index in [2.05, 4.69) is 15.4 Å². The second-order valence-corrected chi connectivity index (χ2v) is 2.74. The zero-order valence-corrected chi connectivity index (χ0v) is 6.99. The van der Waals surface area contributed by atoms with Crippen LogP contribution in [-0.2, 0) is 4.74 Å². The summed E-state index contributed by atoms with van der Waals surface area (Å²) in [7, 11) is 0. The first-order chi connectivity index (χ1) is 6.38. The number of rotatable bonds is 2. The van der Waals surface area contributed by atoms with Crippen LogP contribution in [0.2, 0.25) is 0 Å². The Morgan fingerprint density at radius 1 is 1.62 bits per heavy atom. The van der Waals surface area contributed by atoms with Gasteiger partial charge in [0, 0.05) is 0 Å². The van der Waals surface area contributed by atoms with Crippen molar-refractivity contribution < 1.29 is 9.53 Å². The lowest BCUT2D eigenvalue weighted by Gasteiger charge is -2.11. The molecule has 0 aromatic carbocycles. The number of hydrogen-bond acceptors (Lipinski definition) is 4. The number of ketones is 1. The number of aromatic amines is 1. The topological polar surface area (TPSA) is 67.9 Å². The van der Waals surface area contributed by atoms with Crippen molar-refractivity contribution in [1.82, 2.24) is 15.4 Å². The molecule has 1 aromatic heterocycles. The van der Waals surface area contributed by atoms with E-state index in [9.17, 15) is 4.79 Å². The molecule has 0 saturated carbocycles. The summed E-state index contributed by atoms with van der Waals surface area (Å²) in [6.07, 6.45) is 5.04. The van der Waals surface area contributed by atoms with Gasteiger partial charge in [-0.1, -0.05) is 0 Å². The Morgan fingerprint density at radius 3 is 3.15 bits per heavy atom. The van der Waals surface area contributed by atoms with Crippen LogP contribution in [0.5, 0.6) is 0 Å². The third-order valence-corrected chi connectivity index (χ3v) is 1.81. The van der Waals surface area contributed by atoms with Crippen molar-refractivity contribution in [3.63, 3.8) is 0 Å². The third kappa shape index (κ3) is 1.58. The second kappa shape index (κ2) is 3.38. The van der Waals surface area contributed by atoms with Crippen LogP contribution >= 0.6 is 0 Å². The molecule has 0 amide bonds. The summed E-state index contributed by atoms with van der Waals surface area (Å²) >= 11 is 0. The van der Waals surface area contributed by atoms with Gasteiger partial charge in [0.2, 0.25) is 5.78 Å². The Morgan fingerprint density at radius 2 is 2.54 bits per heavy atom. The highest BCUT2D eigenvalue weighted by atomic mass is 16.5. The summed E-state index contributed by atoms with van der Waals surface area (Å²) in [5, 5.41) is 9.63. The van der Waals surface area contributed by atoms with Gasteiger partial charge in [-0.25, -0.2) is 0 Å². The molecule has 0 unspecified atom stereocenters. The predicted molar refractivity (Wildman–Crippen MR) is 44.0 cm³/mol. The molecule has 5 heteroatoms. The molecule has 68 valence electrons. The first-order valence-corrected chi connectivity index (χ1v) is 4.11. The molecule has 0 bridgehead atoms. The summed E-state index contributed by atoms with van der Waals surface area (Å²) in [6, 6.07) is 0. The maximum atomic E-state index is 11.5. The highest BCUT2D eigenvalue weighted by Gasteiger charge is 2.17. The number of allylic oxidation sites excluding steroid dienone is 2. The van der Waals surface area contributed by atoms with E-state index >= 15 is 0 Å². The monoisotopic (exact) mass is 179 g/mol. The summed E-state index contributed by atoms with van der Waals surface area (Å²) < 4.78 is 5.19. The Kier molecular flexibility index (Phi) is 2.08. The SMILES string of the molecule is O=C(C1=CCCCO1)c1cn[nH]n1. The quantitative estimate of drug-likeness (QED) is 0.678. The first kappa shape index (κ1) is 7.97. The van der Waals surface area contributed by atoms with Crippen LogP contribution in [-0.4, -0.2) is 27.8 Å². The summed E-state index contributed by atoms with van der Waals surface area (Å²) in [6.45, 7) is 0.607. The Labute approximate surface area is 74.8 Å². The highest BCUT2D eigenvalue weighted by molar-refractivity contribution is 6.05. The fourth-order valence-electron chi connectivity index (χ4n) is 1.15. The van der Waals surface area contributed by atoms with Crippen LogP contribution in [0.3, 0.4) is 0 Å². The zero-order chi connectivity index (χ0) is 9.10. The molecule has 1 N–H and O–H groups in total. The van der Waals surface area contributed by atoms with Gasteiger partial charge in [0.1, 0.15) is 0 Å². The van der Waals surface area contributed by atoms with E-state index in [0.717, 1.165) is 12.8 Å². The van der Waals surface area contributed by atoms with E-state index in [4.69, 9.17) is 4.74 Å². The lowest BCUT2D eigenvalue weighted by atomic mass is 10.2. The van der Waals surface area contributed by atoms with E-state index in [-0.39, 0.29) is 5.78 Å². The van der Waals surface area contributed by atoms with Gasteiger partial charge in [0.05, 0.1) is 12.8 Å². The molecule has 0 spiro atoms. The van der Waals surface area contributed by atoms with Gasteiger partial charge >= 0.3 is 0 Å². The molecule has 0 aliphatic carbocycles. The van der Waals surface area contributed by atoms with Crippen LogP contribution in [0.4, 0.5) is 0 Å². The van der Waals surface area contributed by atoms with Crippen LogP contribution in [0.25, 0.3) is 0 Å². The number of carbonyl (C=O) groups is 1. The first-order valence-electron chi connectivity index (χ1n) is 4.11. The van der Waals surface area contributed by atoms with E-state index < -0.39 is 0 Å². The van der Waals surface area contributed by atoms with Crippen molar-refractivity contribution >= 4 is 5.78 Å². The molecule has 1 aromatic rings. The van der Waals surface area contributed by atoms with Gasteiger partial charge in [-0.3, -0.25) is 4.79 Å². The van der Waals surface area contributed by atoms with Crippen molar-refractivity contribution in [3.8, 4) is 0 Å². The Hall–Kier alpha value is -1.65. The molecule has 0 atom stereocenters. The molecule has 0 fully saturated rings. The number of nitrogens with one attached hydrogen (secondary N) is 1. The van der Waals surface area contributed by atoms with Gasteiger partial charge in [-0.2, -0.15) is 15.4 Å². The van der Waals surface area contributed by atoms with Crippen molar-refractivity contribution in [2.45, 2.75) is 12.8 Å². The number of H-pyrrole nitrogens is 1. The van der Waals surface area contributed by atoms with Gasteiger partial charge < -0.3 is 4.74 Å². The van der Waals surface area contributed by atoms with E-state index in [1.165, 1.54) is 6.20 Å². The molecule has 5 nitrogen and oxygen atoms in total. The van der Waals surface area contributed by atoms with Gasteiger partial charge in [0.25, 0.3) is 0 Å². The lowest BCUT2D eigenvalue weighted by Crippen LogP contribution is -2.11. The highest BCUT2D eigenvalue weighted by Crippen LogP contribution is 2.13. The molecule has 2 rings (SSSR count). The molecular formula is C8H9N3O2. The Bertz CT molecular complexity index is 329. The minimum absolute atomic E-state index is 0.201. The lowest BCUT2D eigenvalue weighted by molar-refractivity contribution is 0.0894. The second-order valence-electron chi connectivity index (χ2n) is 2.74. The number of Topliss-reactive ketones (excluding diaryl/α,β-unsaturated/α-hetero) is 1. The van der Waals surface area contributed by atoms with Gasteiger partial charge in [-0.05, 0) is 18.9 Å². The summed E-state index contributed by atoms with van der Waals surface area (Å²) in [5.74, 6) is 0.189. The van der Waals surface area contributed by atoms with Crippen molar-refractivity contribution in [3.05, 3.63) is 23.7 Å². The normalized spacial score (nSPS) is 16.2. The maximum Gasteiger partial charge on any atom is 0.249 e. The van der Waals surface area contributed by atoms with Crippen molar-refractivity contribution in [2.75, 3.05) is 6.61 Å². The average molecular weight is 179 g/mol. The van der Waals surface area contributed by atoms with E-state index in [1.807, 2.05) is 0 Å². The standard InChI is InChI=1S/C8H9N3O2/c12-8(6-5-9-11-10-6)7-3-1-2-4-13-7/h3,5H,1-2,4H2,(H,9,10,11). The maximum absolute atomic E-state index is 11.5. The molecule has 2 heterocycles. The summed E-state index contributed by atoms with van der Waals surface area (Å²) in [5.41, 5.74) is 0.299. The molecule has 0 saturated heterocycles. The molecule has 1 aliphatic heterocycles. The van der Waals surface area contributed by atoms with Crippen LogP contribution < -0.4 is 0 Å². The number of nitrogens with zero attached hydrogens (tertiary/aromatic N) is 2. The predicted octanol–water partition coefficient (Wildman–Crippen LogP) is 0.682. The van der Waals surface area contributed by atoms with Crippen LogP contribution in [0.1, 0.15) is 23.3 Å². The number of carbonyl (C=O) groups excluding carboxylic acids is 1. The molecular weight excluding hydrogens is 170 g/mol. The third-order valence-electron chi connectivity index (χ3n) is 1.81. The fourth-order valence-corrected chi connectivity index (χ4v) is 1.15. The van der Waals surface area contributed by atoms with Crippen LogP contribution in [0.15, 0.2) is 18.0 Å². The number of ether oxygens (including phenoxy) is 1. The van der Waals surface area contributed by atoms with Gasteiger partial charge in [0.15, 0.2) is 11.5 Å². The molecule has 1 aliphatic rings. The molecule has 0 radical (unpaired) electrons. The largest absolute Gasteiger partial charge is 0.490 e. The number of hydrogen-bond donors (Lipinski definition) is 1. The van der Waals surface area contributed by atoms with E-state index in [0.29, 0.717) is 18.1 Å². The fraction of sp³-hybridized carbons (Fsp3) is 0.375. The minimum atomic E-state index is -0.201. The zero-order valence-electron chi connectivity index (χ0n) is 6.99.